The molecule has 0 unspecified atom stereocenters. The van der Waals surface area contributed by atoms with E-state index in [2.05, 4.69) is 0 Å². The van der Waals surface area contributed by atoms with Gasteiger partial charge >= 0.3 is 11.9 Å². The molecule has 6 nitrogen and oxygen atoms in total. The molecule has 0 aromatic heterocycles. The topological polar surface area (TPSA) is 105 Å². The van der Waals surface area contributed by atoms with Crippen LogP contribution in [0.15, 0.2) is 23.5 Å². The van der Waals surface area contributed by atoms with Gasteiger partial charge in [0.15, 0.2) is 0 Å². The molecular formula is C14H22N2O4. The number of hydrogen-bond donors (Lipinski definition) is 2. The maximum atomic E-state index is 11.4. The zero-order valence-corrected chi connectivity index (χ0v) is 11.9. The van der Waals surface area contributed by atoms with Crippen molar-refractivity contribution in [2.45, 2.75) is 51.7 Å². The zero-order valence-electron chi connectivity index (χ0n) is 11.9. The molecule has 0 aliphatic heterocycles. The van der Waals surface area contributed by atoms with Gasteiger partial charge in [-0.15, -0.1) is 0 Å². The molecule has 0 spiro atoms. The van der Waals surface area contributed by atoms with Gasteiger partial charge in [-0.1, -0.05) is 0 Å². The summed E-state index contributed by atoms with van der Waals surface area (Å²) in [6.07, 6.45) is 4.94. The van der Waals surface area contributed by atoms with Crippen LogP contribution in [0.25, 0.3) is 0 Å². The lowest BCUT2D eigenvalue weighted by molar-refractivity contribution is -0.152. The van der Waals surface area contributed by atoms with E-state index in [4.69, 9.17) is 20.9 Å². The number of rotatable bonds is 4. The van der Waals surface area contributed by atoms with E-state index in [1.165, 1.54) is 12.2 Å². The number of hydrogen-bond acceptors (Lipinski definition) is 6. The minimum absolute atomic E-state index is 0.139. The number of nitrogens with two attached hydrogens (primary N) is 2. The Hall–Kier alpha value is -1.98. The van der Waals surface area contributed by atoms with Crippen molar-refractivity contribution < 1.29 is 19.1 Å². The molecule has 112 valence electrons. The van der Waals surface area contributed by atoms with Crippen LogP contribution in [-0.2, 0) is 19.1 Å². The molecule has 1 fully saturated rings. The molecule has 0 aromatic rings. The second kappa shape index (κ2) is 7.57. The summed E-state index contributed by atoms with van der Waals surface area (Å²) in [4.78, 5) is 22.8. The van der Waals surface area contributed by atoms with Gasteiger partial charge in [0, 0.05) is 23.5 Å². The molecule has 0 saturated heterocycles. The van der Waals surface area contributed by atoms with Crippen LogP contribution >= 0.6 is 0 Å². The molecule has 20 heavy (non-hydrogen) atoms. The number of carbonyl (C=O) groups is 2. The van der Waals surface area contributed by atoms with Crippen LogP contribution in [0.5, 0.6) is 0 Å². The highest BCUT2D eigenvalue weighted by Crippen LogP contribution is 2.24. The largest absolute Gasteiger partial charge is 0.459 e. The molecule has 0 aromatic carbocycles. The second-order valence-corrected chi connectivity index (χ2v) is 5.05. The third-order valence-corrected chi connectivity index (χ3v) is 2.88. The average molecular weight is 282 g/mol. The van der Waals surface area contributed by atoms with Crippen molar-refractivity contribution in [1.82, 2.24) is 0 Å². The molecule has 0 amide bonds. The Morgan fingerprint density at radius 1 is 0.850 bits per heavy atom. The Labute approximate surface area is 118 Å². The first kappa shape index (κ1) is 16.1. The SMILES string of the molecule is C/C(N)=C/C(=O)OC1CCC(OC(=O)/C=C(/C)N)CC1. The number of ether oxygens (including phenoxy) is 2. The highest BCUT2D eigenvalue weighted by atomic mass is 16.6. The first-order valence-corrected chi connectivity index (χ1v) is 6.65. The summed E-state index contributed by atoms with van der Waals surface area (Å²) in [6, 6.07) is 0. The van der Waals surface area contributed by atoms with Crippen molar-refractivity contribution in [3.8, 4) is 0 Å². The summed E-state index contributed by atoms with van der Waals surface area (Å²) in [6.45, 7) is 3.26. The van der Waals surface area contributed by atoms with Gasteiger partial charge in [-0.2, -0.15) is 0 Å². The van der Waals surface area contributed by atoms with E-state index in [9.17, 15) is 9.59 Å². The number of allylic oxidation sites excluding steroid dienone is 2. The molecule has 1 rings (SSSR count). The fraction of sp³-hybridized carbons (Fsp3) is 0.571. The molecule has 0 heterocycles. The van der Waals surface area contributed by atoms with Gasteiger partial charge in [-0.25, -0.2) is 9.59 Å². The number of esters is 2. The fourth-order valence-corrected chi connectivity index (χ4v) is 2.04. The lowest BCUT2D eigenvalue weighted by Crippen LogP contribution is -2.29. The van der Waals surface area contributed by atoms with Crippen molar-refractivity contribution >= 4 is 11.9 Å². The van der Waals surface area contributed by atoms with Crippen LogP contribution < -0.4 is 11.5 Å². The average Bonchev–Trinajstić information content (AvgIpc) is 2.29. The highest BCUT2D eigenvalue weighted by molar-refractivity contribution is 5.83. The molecule has 1 aliphatic rings. The first-order valence-electron chi connectivity index (χ1n) is 6.65. The van der Waals surface area contributed by atoms with Crippen LogP contribution in [-0.4, -0.2) is 24.1 Å². The van der Waals surface area contributed by atoms with E-state index < -0.39 is 11.9 Å². The van der Waals surface area contributed by atoms with Gasteiger partial charge in [-0.05, 0) is 39.5 Å². The predicted octanol–water partition coefficient (Wildman–Crippen LogP) is 1.11. The van der Waals surface area contributed by atoms with Crippen LogP contribution in [0.1, 0.15) is 39.5 Å². The van der Waals surface area contributed by atoms with Crippen molar-refractivity contribution in [2.75, 3.05) is 0 Å². The van der Waals surface area contributed by atoms with E-state index in [0.717, 1.165) is 0 Å². The molecule has 1 saturated carbocycles. The van der Waals surface area contributed by atoms with Crippen LogP contribution in [0, 0.1) is 0 Å². The van der Waals surface area contributed by atoms with Crippen molar-refractivity contribution in [1.29, 1.82) is 0 Å². The number of carbonyl (C=O) groups excluding carboxylic acids is 2. The highest BCUT2D eigenvalue weighted by Gasteiger charge is 2.25. The normalized spacial score (nSPS) is 24.1. The lowest BCUT2D eigenvalue weighted by Gasteiger charge is -2.27. The van der Waals surface area contributed by atoms with E-state index in [1.807, 2.05) is 0 Å². The van der Waals surface area contributed by atoms with Crippen molar-refractivity contribution in [3.05, 3.63) is 23.5 Å². The Morgan fingerprint density at radius 3 is 1.40 bits per heavy atom. The Morgan fingerprint density at radius 2 is 1.15 bits per heavy atom. The summed E-state index contributed by atoms with van der Waals surface area (Å²) in [5.41, 5.74) is 11.6. The fourth-order valence-electron chi connectivity index (χ4n) is 2.04. The van der Waals surface area contributed by atoms with Gasteiger partial charge < -0.3 is 20.9 Å². The first-order chi connectivity index (χ1) is 9.36. The summed E-state index contributed by atoms with van der Waals surface area (Å²) >= 11 is 0. The summed E-state index contributed by atoms with van der Waals surface area (Å²) in [5, 5.41) is 0. The summed E-state index contributed by atoms with van der Waals surface area (Å²) in [5.74, 6) is -0.848. The molecule has 0 bridgehead atoms. The van der Waals surface area contributed by atoms with E-state index >= 15 is 0 Å². The molecule has 6 heteroatoms. The molecule has 0 atom stereocenters. The van der Waals surface area contributed by atoms with Gasteiger partial charge in [0.1, 0.15) is 12.2 Å². The molecule has 1 aliphatic carbocycles. The monoisotopic (exact) mass is 282 g/mol. The minimum atomic E-state index is -0.424. The Balaban J connectivity index is 2.33. The maximum absolute atomic E-state index is 11.4. The molecule has 0 radical (unpaired) electrons. The maximum Gasteiger partial charge on any atom is 0.332 e. The Kier molecular flexibility index (Phi) is 6.09. The predicted molar refractivity (Wildman–Crippen MR) is 74.1 cm³/mol. The van der Waals surface area contributed by atoms with E-state index in [0.29, 0.717) is 37.1 Å². The Bertz CT molecular complexity index is 373. The van der Waals surface area contributed by atoms with Gasteiger partial charge in [0.2, 0.25) is 0 Å². The quantitative estimate of drug-likeness (QED) is 0.591. The minimum Gasteiger partial charge on any atom is -0.459 e. The van der Waals surface area contributed by atoms with E-state index in [1.54, 1.807) is 13.8 Å². The molecule has 4 N–H and O–H groups in total. The third-order valence-electron chi connectivity index (χ3n) is 2.88. The van der Waals surface area contributed by atoms with Crippen molar-refractivity contribution in [3.63, 3.8) is 0 Å². The van der Waals surface area contributed by atoms with Crippen LogP contribution in [0.2, 0.25) is 0 Å². The van der Waals surface area contributed by atoms with Crippen LogP contribution in [0.4, 0.5) is 0 Å². The lowest BCUT2D eigenvalue weighted by atomic mass is 9.95. The van der Waals surface area contributed by atoms with Crippen molar-refractivity contribution in [2.24, 2.45) is 11.5 Å². The van der Waals surface area contributed by atoms with Crippen LogP contribution in [0.3, 0.4) is 0 Å². The summed E-state index contributed by atoms with van der Waals surface area (Å²) < 4.78 is 10.5. The smallest absolute Gasteiger partial charge is 0.332 e. The van der Waals surface area contributed by atoms with E-state index in [-0.39, 0.29) is 12.2 Å². The summed E-state index contributed by atoms with van der Waals surface area (Å²) in [7, 11) is 0. The van der Waals surface area contributed by atoms with Gasteiger partial charge in [-0.3, -0.25) is 0 Å². The third kappa shape index (κ3) is 6.26. The molecular weight excluding hydrogens is 260 g/mol. The van der Waals surface area contributed by atoms with Gasteiger partial charge in [0.05, 0.1) is 0 Å². The second-order valence-electron chi connectivity index (χ2n) is 5.05. The standard InChI is InChI=1S/C14H22N2O4/c1-9(15)7-13(17)19-11-3-5-12(6-4-11)20-14(18)8-10(2)16/h7-8,11-12H,3-6,15-16H2,1-2H3/b9-7-,10-8-. The van der Waals surface area contributed by atoms with Gasteiger partial charge in [0.25, 0.3) is 0 Å². The zero-order chi connectivity index (χ0) is 15.1.